The number of benzene rings is 1. The van der Waals surface area contributed by atoms with E-state index in [1.165, 1.54) is 11.0 Å². The quantitative estimate of drug-likeness (QED) is 0.652. The number of fused-ring (bicyclic) bond motifs is 1. The molecule has 1 aliphatic heterocycles. The van der Waals surface area contributed by atoms with Crippen LogP contribution in [-0.2, 0) is 19.5 Å². The zero-order valence-corrected chi connectivity index (χ0v) is 12.7. The monoisotopic (exact) mass is 315 g/mol. The zero-order chi connectivity index (χ0) is 16.4. The maximum atomic E-state index is 12.6. The van der Waals surface area contributed by atoms with Crippen molar-refractivity contribution in [2.45, 2.75) is 19.5 Å². The minimum Gasteiger partial charge on any atom is -0.336 e. The molecule has 0 unspecified atom stereocenters. The molecule has 0 atom stereocenters. The van der Waals surface area contributed by atoms with Crippen molar-refractivity contribution in [1.29, 1.82) is 0 Å². The van der Waals surface area contributed by atoms with Gasteiger partial charge in [0, 0.05) is 49.4 Å². The summed E-state index contributed by atoms with van der Waals surface area (Å²) >= 11 is 0. The van der Waals surface area contributed by atoms with Gasteiger partial charge in [-0.2, -0.15) is 5.10 Å². The first kappa shape index (κ1) is 15.2. The van der Waals surface area contributed by atoms with E-state index in [0.29, 0.717) is 17.8 Å². The Bertz CT molecular complexity index is 755. The molecule has 120 valence electrons. The second-order valence-electron chi connectivity index (χ2n) is 5.50. The minimum absolute atomic E-state index is 0.0119. The molecule has 1 aromatic carbocycles. The zero-order valence-electron chi connectivity index (χ0n) is 12.7. The number of carbonyl (C=O) groups excluding carboxylic acids is 1. The topological polar surface area (TPSA) is 104 Å². The van der Waals surface area contributed by atoms with Crippen LogP contribution in [0.25, 0.3) is 0 Å². The average Bonchev–Trinajstić information content (AvgIpc) is 2.98. The van der Waals surface area contributed by atoms with Crippen molar-refractivity contribution in [3.05, 3.63) is 56.9 Å². The predicted molar refractivity (Wildman–Crippen MR) is 82.9 cm³/mol. The summed E-state index contributed by atoms with van der Waals surface area (Å²) in [7, 11) is 1.62. The lowest BCUT2D eigenvalue weighted by Gasteiger charge is -2.18. The van der Waals surface area contributed by atoms with Crippen LogP contribution in [0.3, 0.4) is 0 Å². The Kier molecular flexibility index (Phi) is 4.07. The number of hydrogen-bond donors (Lipinski definition) is 2. The van der Waals surface area contributed by atoms with Gasteiger partial charge in [0.05, 0.1) is 11.5 Å². The highest BCUT2D eigenvalue weighted by molar-refractivity contribution is 5.93. The fourth-order valence-corrected chi connectivity index (χ4v) is 2.73. The van der Waals surface area contributed by atoms with Crippen molar-refractivity contribution < 1.29 is 9.72 Å². The normalized spacial score (nSPS) is 13.4. The highest BCUT2D eigenvalue weighted by atomic mass is 16.6. The molecule has 1 aliphatic rings. The van der Waals surface area contributed by atoms with Crippen molar-refractivity contribution in [2.75, 3.05) is 13.6 Å². The number of nitrogens with one attached hydrogen (secondary N) is 2. The van der Waals surface area contributed by atoms with E-state index in [1.807, 2.05) is 0 Å². The SMILES string of the molecule is CN(Cc1ccccc1[N+](=O)[O-])C(=O)c1n[nH]c2c1CNCC2. The second kappa shape index (κ2) is 6.17. The molecule has 0 spiro atoms. The van der Waals surface area contributed by atoms with Gasteiger partial charge in [-0.05, 0) is 0 Å². The number of para-hydroxylation sites is 1. The van der Waals surface area contributed by atoms with Crippen LogP contribution in [0, 0.1) is 10.1 Å². The molecule has 0 radical (unpaired) electrons. The van der Waals surface area contributed by atoms with Gasteiger partial charge in [0.15, 0.2) is 5.69 Å². The number of carbonyl (C=O) groups is 1. The van der Waals surface area contributed by atoms with Crippen LogP contribution in [0.4, 0.5) is 5.69 Å². The number of nitrogens with zero attached hydrogens (tertiary/aromatic N) is 3. The molecule has 3 rings (SSSR count). The summed E-state index contributed by atoms with van der Waals surface area (Å²) in [6.45, 7) is 1.62. The van der Waals surface area contributed by atoms with Gasteiger partial charge in [-0.15, -0.1) is 0 Å². The number of hydrogen-bond acceptors (Lipinski definition) is 5. The Morgan fingerprint density at radius 1 is 1.43 bits per heavy atom. The number of H-pyrrole nitrogens is 1. The summed E-state index contributed by atoms with van der Waals surface area (Å²) in [5.74, 6) is -0.246. The van der Waals surface area contributed by atoms with Gasteiger partial charge in [-0.1, -0.05) is 18.2 Å². The Labute approximate surface area is 132 Å². The van der Waals surface area contributed by atoms with E-state index >= 15 is 0 Å². The summed E-state index contributed by atoms with van der Waals surface area (Å²) < 4.78 is 0. The van der Waals surface area contributed by atoms with Gasteiger partial charge >= 0.3 is 0 Å². The maximum absolute atomic E-state index is 12.6. The fraction of sp³-hybridized carbons (Fsp3) is 0.333. The number of amides is 1. The maximum Gasteiger partial charge on any atom is 0.274 e. The van der Waals surface area contributed by atoms with E-state index in [1.54, 1.807) is 25.2 Å². The van der Waals surface area contributed by atoms with Gasteiger partial charge in [0.25, 0.3) is 11.6 Å². The number of rotatable bonds is 4. The Morgan fingerprint density at radius 3 is 3.00 bits per heavy atom. The van der Waals surface area contributed by atoms with Gasteiger partial charge in [0.1, 0.15) is 0 Å². The van der Waals surface area contributed by atoms with Crippen molar-refractivity contribution >= 4 is 11.6 Å². The first-order chi connectivity index (χ1) is 11.1. The van der Waals surface area contributed by atoms with Crippen molar-refractivity contribution in [2.24, 2.45) is 0 Å². The van der Waals surface area contributed by atoms with Crippen molar-refractivity contribution in [1.82, 2.24) is 20.4 Å². The van der Waals surface area contributed by atoms with Crippen LogP contribution < -0.4 is 5.32 Å². The third-order valence-electron chi connectivity index (χ3n) is 3.95. The summed E-state index contributed by atoms with van der Waals surface area (Å²) in [6.07, 6.45) is 0.809. The fourth-order valence-electron chi connectivity index (χ4n) is 2.73. The second-order valence-corrected chi connectivity index (χ2v) is 5.50. The third kappa shape index (κ3) is 2.93. The van der Waals surface area contributed by atoms with Crippen LogP contribution in [0.5, 0.6) is 0 Å². The Hall–Kier alpha value is -2.74. The van der Waals surface area contributed by atoms with Gasteiger partial charge in [0.2, 0.25) is 0 Å². The van der Waals surface area contributed by atoms with E-state index in [2.05, 4.69) is 15.5 Å². The van der Waals surface area contributed by atoms with Crippen molar-refractivity contribution in [3.63, 3.8) is 0 Å². The van der Waals surface area contributed by atoms with E-state index in [9.17, 15) is 14.9 Å². The molecular weight excluding hydrogens is 298 g/mol. The van der Waals surface area contributed by atoms with Gasteiger partial charge < -0.3 is 10.2 Å². The largest absolute Gasteiger partial charge is 0.336 e. The van der Waals surface area contributed by atoms with Crippen LogP contribution in [0.1, 0.15) is 27.3 Å². The predicted octanol–water partition coefficient (Wildman–Crippen LogP) is 1.24. The van der Waals surface area contributed by atoms with Crippen LogP contribution in [0.2, 0.25) is 0 Å². The van der Waals surface area contributed by atoms with E-state index in [0.717, 1.165) is 24.2 Å². The number of aromatic amines is 1. The first-order valence-corrected chi connectivity index (χ1v) is 7.32. The standard InChI is InChI=1S/C15H17N5O3/c1-19(9-10-4-2-3-5-13(10)20(22)23)15(21)14-11-8-16-7-6-12(11)17-18-14/h2-5,16H,6-9H2,1H3,(H,17,18). The molecule has 2 N–H and O–H groups in total. The van der Waals surface area contributed by atoms with Gasteiger partial charge in [-0.3, -0.25) is 20.0 Å². The van der Waals surface area contributed by atoms with Gasteiger partial charge in [-0.25, -0.2) is 0 Å². The molecule has 1 amide bonds. The molecule has 0 aliphatic carbocycles. The van der Waals surface area contributed by atoms with Crippen LogP contribution >= 0.6 is 0 Å². The smallest absolute Gasteiger partial charge is 0.274 e. The summed E-state index contributed by atoms with van der Waals surface area (Å²) in [6, 6.07) is 6.43. The molecule has 2 heterocycles. The Morgan fingerprint density at radius 2 is 2.22 bits per heavy atom. The molecule has 8 nitrogen and oxygen atoms in total. The highest BCUT2D eigenvalue weighted by Crippen LogP contribution is 2.21. The van der Waals surface area contributed by atoms with E-state index < -0.39 is 4.92 Å². The van der Waals surface area contributed by atoms with Crippen LogP contribution in [0.15, 0.2) is 24.3 Å². The number of aromatic nitrogens is 2. The average molecular weight is 315 g/mol. The van der Waals surface area contributed by atoms with E-state index in [4.69, 9.17) is 0 Å². The first-order valence-electron chi connectivity index (χ1n) is 7.32. The molecule has 0 fully saturated rings. The molecule has 0 bridgehead atoms. The van der Waals surface area contributed by atoms with Crippen molar-refractivity contribution in [3.8, 4) is 0 Å². The summed E-state index contributed by atoms with van der Waals surface area (Å²) in [5.41, 5.74) is 2.75. The molecule has 2 aromatic rings. The lowest BCUT2D eigenvalue weighted by molar-refractivity contribution is -0.385. The van der Waals surface area contributed by atoms with E-state index in [-0.39, 0.29) is 18.1 Å². The molecule has 8 heteroatoms. The Balaban J connectivity index is 1.81. The van der Waals surface area contributed by atoms with Crippen LogP contribution in [-0.4, -0.2) is 39.5 Å². The molecular formula is C15H17N5O3. The molecule has 0 saturated heterocycles. The molecule has 23 heavy (non-hydrogen) atoms. The molecule has 0 saturated carbocycles. The summed E-state index contributed by atoms with van der Waals surface area (Å²) in [5, 5.41) is 21.3. The summed E-state index contributed by atoms with van der Waals surface area (Å²) in [4.78, 5) is 24.7. The molecule has 1 aromatic heterocycles. The lowest BCUT2D eigenvalue weighted by Crippen LogP contribution is -2.30. The number of nitro groups is 1. The minimum atomic E-state index is -0.437. The highest BCUT2D eigenvalue weighted by Gasteiger charge is 2.25. The third-order valence-corrected chi connectivity index (χ3v) is 3.95. The lowest BCUT2D eigenvalue weighted by atomic mass is 10.1. The number of nitro benzene ring substituents is 1.